The van der Waals surface area contributed by atoms with Crippen LogP contribution in [0, 0.1) is 6.92 Å². The van der Waals surface area contributed by atoms with Crippen molar-refractivity contribution >= 4 is 16.9 Å². The highest BCUT2D eigenvalue weighted by molar-refractivity contribution is 5.83. The van der Waals surface area contributed by atoms with Gasteiger partial charge in [-0.05, 0) is 49.7 Å². The van der Waals surface area contributed by atoms with Crippen molar-refractivity contribution in [2.75, 3.05) is 14.2 Å². The number of hydrogen-bond donors (Lipinski definition) is 1. The Morgan fingerprint density at radius 1 is 1.07 bits per heavy atom. The van der Waals surface area contributed by atoms with E-state index in [0.717, 1.165) is 5.56 Å². The molecule has 0 saturated heterocycles. The molecule has 0 fully saturated rings. The second-order valence-electron chi connectivity index (χ2n) is 6.26. The van der Waals surface area contributed by atoms with Gasteiger partial charge < -0.3 is 23.7 Å². The summed E-state index contributed by atoms with van der Waals surface area (Å²) in [6.45, 7) is 3.23. The summed E-state index contributed by atoms with van der Waals surface area (Å²) in [6, 6.07) is 10.1. The Morgan fingerprint density at radius 3 is 2.43 bits per heavy atom. The van der Waals surface area contributed by atoms with E-state index in [1.807, 2.05) is 6.92 Å². The third kappa shape index (κ3) is 3.51. The summed E-state index contributed by atoms with van der Waals surface area (Å²) in [5, 5.41) is 9.51. The molecule has 146 valence electrons. The van der Waals surface area contributed by atoms with Crippen LogP contribution in [0.15, 0.2) is 45.6 Å². The fourth-order valence-corrected chi connectivity index (χ4v) is 2.79. The van der Waals surface area contributed by atoms with Crippen molar-refractivity contribution in [3.63, 3.8) is 0 Å². The molecule has 0 spiro atoms. The largest absolute Gasteiger partial charge is 0.493 e. The van der Waals surface area contributed by atoms with Gasteiger partial charge in [-0.3, -0.25) is 4.79 Å². The van der Waals surface area contributed by atoms with Gasteiger partial charge in [0.1, 0.15) is 5.58 Å². The molecule has 3 rings (SSSR count). The van der Waals surface area contributed by atoms with Gasteiger partial charge in [0, 0.05) is 5.56 Å². The first-order valence-corrected chi connectivity index (χ1v) is 8.55. The molecule has 2 aromatic carbocycles. The lowest BCUT2D eigenvalue weighted by Gasteiger charge is -2.15. The zero-order valence-corrected chi connectivity index (χ0v) is 15.9. The Bertz CT molecular complexity index is 1100. The first-order valence-electron chi connectivity index (χ1n) is 8.55. The molecule has 0 saturated carbocycles. The van der Waals surface area contributed by atoms with Crippen LogP contribution in [-0.4, -0.2) is 31.4 Å². The van der Waals surface area contributed by atoms with Gasteiger partial charge in [0.05, 0.1) is 19.6 Å². The number of fused-ring (bicyclic) bond motifs is 1. The van der Waals surface area contributed by atoms with Crippen molar-refractivity contribution in [2.24, 2.45) is 0 Å². The molecule has 1 N–H and O–H groups in total. The summed E-state index contributed by atoms with van der Waals surface area (Å²) < 4.78 is 22.0. The zero-order valence-electron chi connectivity index (χ0n) is 15.9. The highest BCUT2D eigenvalue weighted by Crippen LogP contribution is 2.37. The normalized spacial score (nSPS) is 11.9. The summed E-state index contributed by atoms with van der Waals surface area (Å²) >= 11 is 0. The predicted octanol–water partition coefficient (Wildman–Crippen LogP) is 3.64. The van der Waals surface area contributed by atoms with E-state index in [9.17, 15) is 14.7 Å². The van der Waals surface area contributed by atoms with Gasteiger partial charge in [-0.25, -0.2) is 4.79 Å². The number of aryl methyl sites for hydroxylation is 1. The van der Waals surface area contributed by atoms with E-state index >= 15 is 0 Å². The average Bonchev–Trinajstić information content (AvgIpc) is 2.68. The summed E-state index contributed by atoms with van der Waals surface area (Å²) in [5.41, 5.74) is 1.34. The number of methoxy groups -OCH3 is 2. The number of carboxylic acids is 1. The molecule has 28 heavy (non-hydrogen) atoms. The maximum Gasteiger partial charge on any atom is 0.344 e. The molecule has 1 unspecified atom stereocenters. The molecule has 0 aliphatic rings. The van der Waals surface area contributed by atoms with Gasteiger partial charge in [-0.1, -0.05) is 6.07 Å². The molecule has 0 amide bonds. The SMILES string of the molecule is COc1ccc(-c2oc3cc(C)ccc3c(=O)c2OC(C)C(=O)O)cc1OC. The molecular weight excluding hydrogens is 364 g/mol. The van der Waals surface area contributed by atoms with E-state index in [-0.39, 0.29) is 11.5 Å². The fourth-order valence-electron chi connectivity index (χ4n) is 2.79. The van der Waals surface area contributed by atoms with Gasteiger partial charge in [-0.2, -0.15) is 0 Å². The molecule has 0 aliphatic heterocycles. The highest BCUT2D eigenvalue weighted by atomic mass is 16.5. The van der Waals surface area contributed by atoms with Gasteiger partial charge in [0.25, 0.3) is 0 Å². The Labute approximate surface area is 161 Å². The maximum absolute atomic E-state index is 13.0. The molecule has 3 aromatic rings. The fraction of sp³-hybridized carbons (Fsp3) is 0.238. The van der Waals surface area contributed by atoms with E-state index in [4.69, 9.17) is 18.6 Å². The zero-order chi connectivity index (χ0) is 20.4. The second kappa shape index (κ2) is 7.64. The lowest BCUT2D eigenvalue weighted by Crippen LogP contribution is -2.26. The minimum Gasteiger partial charge on any atom is -0.493 e. The summed E-state index contributed by atoms with van der Waals surface area (Å²) in [6.07, 6.45) is -1.23. The van der Waals surface area contributed by atoms with Crippen molar-refractivity contribution in [1.29, 1.82) is 0 Å². The maximum atomic E-state index is 13.0. The summed E-state index contributed by atoms with van der Waals surface area (Å²) in [5.74, 6) is -0.298. The van der Waals surface area contributed by atoms with Crippen LogP contribution in [0.25, 0.3) is 22.3 Å². The monoisotopic (exact) mass is 384 g/mol. The quantitative estimate of drug-likeness (QED) is 0.693. The van der Waals surface area contributed by atoms with E-state index in [1.165, 1.54) is 21.1 Å². The lowest BCUT2D eigenvalue weighted by molar-refractivity contribution is -0.144. The van der Waals surface area contributed by atoms with Crippen molar-refractivity contribution in [3.05, 3.63) is 52.2 Å². The van der Waals surface area contributed by atoms with E-state index in [2.05, 4.69) is 0 Å². The lowest BCUT2D eigenvalue weighted by atomic mass is 10.1. The van der Waals surface area contributed by atoms with Crippen LogP contribution in [0.1, 0.15) is 12.5 Å². The van der Waals surface area contributed by atoms with Crippen LogP contribution >= 0.6 is 0 Å². The molecule has 1 heterocycles. The van der Waals surface area contributed by atoms with Crippen LogP contribution in [0.3, 0.4) is 0 Å². The van der Waals surface area contributed by atoms with Gasteiger partial charge in [0.2, 0.25) is 11.2 Å². The van der Waals surface area contributed by atoms with Crippen molar-refractivity contribution in [2.45, 2.75) is 20.0 Å². The van der Waals surface area contributed by atoms with E-state index < -0.39 is 17.5 Å². The smallest absolute Gasteiger partial charge is 0.344 e. The number of hydrogen-bond acceptors (Lipinski definition) is 6. The average molecular weight is 384 g/mol. The molecule has 7 heteroatoms. The summed E-state index contributed by atoms with van der Waals surface area (Å²) in [7, 11) is 3.00. The minimum atomic E-state index is -1.23. The third-order valence-electron chi connectivity index (χ3n) is 4.29. The summed E-state index contributed by atoms with van der Waals surface area (Å²) in [4.78, 5) is 24.3. The predicted molar refractivity (Wildman–Crippen MR) is 103 cm³/mol. The molecular formula is C21H20O7. The van der Waals surface area contributed by atoms with Crippen LogP contribution in [-0.2, 0) is 4.79 Å². The Kier molecular flexibility index (Phi) is 5.26. The van der Waals surface area contributed by atoms with Gasteiger partial charge >= 0.3 is 5.97 Å². The first-order chi connectivity index (χ1) is 13.3. The second-order valence-corrected chi connectivity index (χ2v) is 6.26. The molecule has 0 aliphatic carbocycles. The number of carbonyl (C=O) groups is 1. The number of carboxylic acid groups (broad SMARTS) is 1. The Hall–Kier alpha value is -3.48. The number of aliphatic carboxylic acids is 1. The van der Waals surface area contributed by atoms with Crippen LogP contribution in [0.4, 0.5) is 0 Å². The van der Waals surface area contributed by atoms with E-state index in [1.54, 1.807) is 36.4 Å². The Balaban J connectivity index is 2.30. The van der Waals surface area contributed by atoms with Gasteiger partial charge in [0.15, 0.2) is 23.4 Å². The minimum absolute atomic E-state index is 0.122. The Morgan fingerprint density at radius 2 is 1.79 bits per heavy atom. The van der Waals surface area contributed by atoms with Crippen molar-refractivity contribution in [1.82, 2.24) is 0 Å². The molecule has 0 radical (unpaired) electrons. The molecule has 1 aromatic heterocycles. The van der Waals surface area contributed by atoms with Crippen molar-refractivity contribution < 1.29 is 28.5 Å². The number of ether oxygens (including phenoxy) is 3. The number of benzene rings is 2. The van der Waals surface area contributed by atoms with E-state index in [0.29, 0.717) is 28.0 Å². The van der Waals surface area contributed by atoms with Crippen LogP contribution in [0.2, 0.25) is 0 Å². The topological polar surface area (TPSA) is 95.2 Å². The molecule has 7 nitrogen and oxygen atoms in total. The van der Waals surface area contributed by atoms with Gasteiger partial charge in [-0.15, -0.1) is 0 Å². The molecule has 0 bridgehead atoms. The van der Waals surface area contributed by atoms with Crippen LogP contribution in [0.5, 0.6) is 17.2 Å². The third-order valence-corrected chi connectivity index (χ3v) is 4.29. The highest BCUT2D eigenvalue weighted by Gasteiger charge is 2.23. The number of rotatable bonds is 6. The van der Waals surface area contributed by atoms with Crippen LogP contribution < -0.4 is 19.6 Å². The standard InChI is InChI=1S/C21H20O7/c1-11-5-7-14-16(9-11)28-19(20(18(14)22)27-12(2)21(23)24)13-6-8-15(25-3)17(10-13)26-4/h5-10,12H,1-4H3,(H,23,24). The van der Waals surface area contributed by atoms with Crippen molar-refractivity contribution in [3.8, 4) is 28.6 Å². The molecule has 1 atom stereocenters. The first kappa shape index (κ1) is 19.3.